The van der Waals surface area contributed by atoms with Gasteiger partial charge in [-0.25, -0.2) is 0 Å². The van der Waals surface area contributed by atoms with E-state index >= 15 is 0 Å². The molecule has 1 saturated heterocycles. The van der Waals surface area contributed by atoms with Gasteiger partial charge in [0.05, 0.1) is 12.3 Å². The number of nitrogens with zero attached hydrogens (tertiary/aromatic N) is 2. The lowest BCUT2D eigenvalue weighted by atomic mass is 9.97. The summed E-state index contributed by atoms with van der Waals surface area (Å²) in [5.74, 6) is 0. The normalized spacial score (nSPS) is 15.4. The molecule has 0 radical (unpaired) electrons. The lowest BCUT2D eigenvalue weighted by Gasteiger charge is -2.37. The third-order valence-corrected chi connectivity index (χ3v) is 5.24. The van der Waals surface area contributed by atoms with Gasteiger partial charge in [-0.05, 0) is 62.4 Å². The standard InChI is InChI=1S/C21H28N2O2/c1-4-23(20-7-9-25-10-8-20)21-12-18(11-15(2)16(21)3)17-5-6-19(14-24)22-13-17/h5-6,11-13,20,24H,4,7-10,14H2,1-3H3. The first-order valence-corrected chi connectivity index (χ1v) is 9.15. The maximum absolute atomic E-state index is 9.19. The molecule has 1 fully saturated rings. The highest BCUT2D eigenvalue weighted by atomic mass is 16.5. The summed E-state index contributed by atoms with van der Waals surface area (Å²) in [4.78, 5) is 6.86. The van der Waals surface area contributed by atoms with Crippen LogP contribution in [-0.4, -0.2) is 35.9 Å². The largest absolute Gasteiger partial charge is 0.390 e. The van der Waals surface area contributed by atoms with Crippen LogP contribution in [-0.2, 0) is 11.3 Å². The number of anilines is 1. The molecule has 0 atom stereocenters. The van der Waals surface area contributed by atoms with Gasteiger partial charge in [0.1, 0.15) is 0 Å². The molecule has 0 spiro atoms. The van der Waals surface area contributed by atoms with Crippen LogP contribution >= 0.6 is 0 Å². The number of ether oxygens (including phenoxy) is 1. The molecule has 1 aliphatic heterocycles. The highest BCUT2D eigenvalue weighted by Gasteiger charge is 2.22. The highest BCUT2D eigenvalue weighted by Crippen LogP contribution is 2.33. The molecule has 1 aromatic heterocycles. The van der Waals surface area contributed by atoms with Crippen molar-refractivity contribution in [2.75, 3.05) is 24.7 Å². The van der Waals surface area contributed by atoms with Crippen LogP contribution < -0.4 is 4.90 Å². The molecule has 0 bridgehead atoms. The number of aromatic nitrogens is 1. The Hall–Kier alpha value is -1.91. The molecule has 2 heterocycles. The number of hydrogen-bond donors (Lipinski definition) is 1. The van der Waals surface area contributed by atoms with Crippen LogP contribution in [0.25, 0.3) is 11.1 Å². The van der Waals surface area contributed by atoms with Crippen molar-refractivity contribution in [3.8, 4) is 11.1 Å². The third-order valence-electron chi connectivity index (χ3n) is 5.24. The summed E-state index contributed by atoms with van der Waals surface area (Å²) < 4.78 is 5.54. The van der Waals surface area contributed by atoms with Gasteiger partial charge < -0.3 is 14.7 Å². The second kappa shape index (κ2) is 7.98. The van der Waals surface area contributed by atoms with E-state index in [1.165, 1.54) is 22.4 Å². The second-order valence-electron chi connectivity index (χ2n) is 6.76. The van der Waals surface area contributed by atoms with Gasteiger partial charge in [0, 0.05) is 43.2 Å². The van der Waals surface area contributed by atoms with Crippen molar-refractivity contribution in [1.82, 2.24) is 4.98 Å². The number of pyridine rings is 1. The van der Waals surface area contributed by atoms with Gasteiger partial charge in [-0.15, -0.1) is 0 Å². The lowest BCUT2D eigenvalue weighted by molar-refractivity contribution is 0.0846. The number of aliphatic hydroxyl groups is 1. The van der Waals surface area contributed by atoms with Crippen LogP contribution in [0.15, 0.2) is 30.5 Å². The van der Waals surface area contributed by atoms with Crippen molar-refractivity contribution in [2.45, 2.75) is 46.3 Å². The average Bonchev–Trinajstić information content (AvgIpc) is 2.66. The number of benzene rings is 1. The molecule has 0 saturated carbocycles. The summed E-state index contributed by atoms with van der Waals surface area (Å²) in [5.41, 5.74) is 6.92. The van der Waals surface area contributed by atoms with Crippen LogP contribution in [0.2, 0.25) is 0 Å². The van der Waals surface area contributed by atoms with Crippen LogP contribution in [0.3, 0.4) is 0 Å². The third kappa shape index (κ3) is 3.86. The molecule has 3 rings (SSSR count). The first-order chi connectivity index (χ1) is 12.1. The van der Waals surface area contributed by atoms with Crippen molar-refractivity contribution in [3.63, 3.8) is 0 Å². The molecule has 4 nitrogen and oxygen atoms in total. The van der Waals surface area contributed by atoms with E-state index in [0.717, 1.165) is 38.2 Å². The van der Waals surface area contributed by atoms with Gasteiger partial charge in [0.2, 0.25) is 0 Å². The Labute approximate surface area is 150 Å². The minimum Gasteiger partial charge on any atom is -0.390 e. The summed E-state index contributed by atoms with van der Waals surface area (Å²) in [6.45, 7) is 9.30. The average molecular weight is 340 g/mol. The van der Waals surface area contributed by atoms with Gasteiger partial charge >= 0.3 is 0 Å². The van der Waals surface area contributed by atoms with Gasteiger partial charge in [0.25, 0.3) is 0 Å². The fourth-order valence-corrected chi connectivity index (χ4v) is 3.62. The molecule has 4 heteroatoms. The van der Waals surface area contributed by atoms with Crippen molar-refractivity contribution in [3.05, 3.63) is 47.3 Å². The molecule has 1 N–H and O–H groups in total. The van der Waals surface area contributed by atoms with Crippen LogP contribution in [0.4, 0.5) is 5.69 Å². The number of aryl methyl sites for hydroxylation is 1. The fourth-order valence-electron chi connectivity index (χ4n) is 3.62. The fraction of sp³-hybridized carbons (Fsp3) is 0.476. The van der Waals surface area contributed by atoms with Gasteiger partial charge in [0.15, 0.2) is 0 Å². The second-order valence-corrected chi connectivity index (χ2v) is 6.76. The summed E-state index contributed by atoms with van der Waals surface area (Å²) >= 11 is 0. The van der Waals surface area contributed by atoms with Crippen LogP contribution in [0.1, 0.15) is 36.6 Å². The summed E-state index contributed by atoms with van der Waals surface area (Å²) in [7, 11) is 0. The molecular weight excluding hydrogens is 312 g/mol. The van der Waals surface area contributed by atoms with E-state index in [9.17, 15) is 5.11 Å². The molecule has 134 valence electrons. The molecule has 0 unspecified atom stereocenters. The Bertz CT molecular complexity index is 707. The predicted octanol–water partition coefficient (Wildman–Crippen LogP) is 3.86. The Morgan fingerprint density at radius 2 is 1.92 bits per heavy atom. The van der Waals surface area contributed by atoms with Crippen molar-refractivity contribution < 1.29 is 9.84 Å². The number of rotatable bonds is 5. The Kier molecular flexibility index (Phi) is 5.71. The van der Waals surface area contributed by atoms with E-state index in [1.807, 2.05) is 18.3 Å². The summed E-state index contributed by atoms with van der Waals surface area (Å²) in [6.07, 6.45) is 4.02. The molecule has 1 aliphatic rings. The first-order valence-electron chi connectivity index (χ1n) is 9.15. The predicted molar refractivity (Wildman–Crippen MR) is 102 cm³/mol. The summed E-state index contributed by atoms with van der Waals surface area (Å²) in [6, 6.07) is 8.99. The Morgan fingerprint density at radius 3 is 2.52 bits per heavy atom. The molecular formula is C21H28N2O2. The van der Waals surface area contributed by atoms with Crippen molar-refractivity contribution in [2.24, 2.45) is 0 Å². The van der Waals surface area contributed by atoms with E-state index in [4.69, 9.17) is 4.74 Å². The molecule has 0 amide bonds. The Morgan fingerprint density at radius 1 is 1.16 bits per heavy atom. The van der Waals surface area contributed by atoms with E-state index in [2.05, 4.69) is 42.8 Å². The quantitative estimate of drug-likeness (QED) is 0.898. The van der Waals surface area contributed by atoms with Crippen LogP contribution in [0.5, 0.6) is 0 Å². The zero-order valence-corrected chi connectivity index (χ0v) is 15.5. The van der Waals surface area contributed by atoms with E-state index in [1.54, 1.807) is 0 Å². The van der Waals surface area contributed by atoms with Crippen molar-refractivity contribution in [1.29, 1.82) is 0 Å². The molecule has 25 heavy (non-hydrogen) atoms. The maximum atomic E-state index is 9.19. The van der Waals surface area contributed by atoms with Gasteiger partial charge in [-0.1, -0.05) is 12.1 Å². The van der Waals surface area contributed by atoms with E-state index < -0.39 is 0 Å². The lowest BCUT2D eigenvalue weighted by Crippen LogP contribution is -2.39. The monoisotopic (exact) mass is 340 g/mol. The zero-order chi connectivity index (χ0) is 17.8. The highest BCUT2D eigenvalue weighted by molar-refractivity contribution is 5.72. The Balaban J connectivity index is 1.98. The van der Waals surface area contributed by atoms with E-state index in [-0.39, 0.29) is 6.61 Å². The number of hydrogen-bond acceptors (Lipinski definition) is 4. The number of aliphatic hydroxyl groups excluding tert-OH is 1. The summed E-state index contributed by atoms with van der Waals surface area (Å²) in [5, 5.41) is 9.19. The molecule has 1 aromatic carbocycles. The van der Waals surface area contributed by atoms with Crippen LogP contribution in [0, 0.1) is 13.8 Å². The van der Waals surface area contributed by atoms with E-state index in [0.29, 0.717) is 11.7 Å². The maximum Gasteiger partial charge on any atom is 0.0852 e. The minimum absolute atomic E-state index is 0.0220. The molecule has 0 aliphatic carbocycles. The smallest absolute Gasteiger partial charge is 0.0852 e. The van der Waals surface area contributed by atoms with Gasteiger partial charge in [-0.2, -0.15) is 0 Å². The molecule has 2 aromatic rings. The minimum atomic E-state index is -0.0220. The SMILES string of the molecule is CCN(c1cc(-c2ccc(CO)nc2)cc(C)c1C)C1CCOCC1. The van der Waals surface area contributed by atoms with Crippen molar-refractivity contribution >= 4 is 5.69 Å². The topological polar surface area (TPSA) is 45.6 Å². The van der Waals surface area contributed by atoms with Gasteiger partial charge in [-0.3, -0.25) is 4.98 Å². The first kappa shape index (κ1) is 17.9. The zero-order valence-electron chi connectivity index (χ0n) is 15.5.